The van der Waals surface area contributed by atoms with E-state index in [1.807, 2.05) is 0 Å². The average molecular weight is 1050 g/mol. The van der Waals surface area contributed by atoms with E-state index in [0.717, 1.165) is 25.7 Å². The van der Waals surface area contributed by atoms with E-state index in [2.05, 4.69) is 27.7 Å². The SMILES string of the molecule is CCCCCCCCCCCCCCCCCCOC(=O)CCCCCCCCCCCCCCC.CCCCCCCCCCCCCCCCCCOC(=O)CCCCCCCCCCCCCCCCC. The van der Waals surface area contributed by atoms with Crippen LogP contribution in [0.4, 0.5) is 0 Å². The monoisotopic (exact) mass is 1050 g/mol. The van der Waals surface area contributed by atoms with Crippen molar-refractivity contribution >= 4 is 11.9 Å². The van der Waals surface area contributed by atoms with E-state index in [9.17, 15) is 9.59 Å². The summed E-state index contributed by atoms with van der Waals surface area (Å²) in [6.07, 6.45) is 83.2. The number of carbonyl (C=O) groups excluding carboxylic acids is 2. The molecule has 74 heavy (non-hydrogen) atoms. The highest BCUT2D eigenvalue weighted by Crippen LogP contribution is 2.18. The van der Waals surface area contributed by atoms with Gasteiger partial charge in [-0.25, -0.2) is 0 Å². The van der Waals surface area contributed by atoms with E-state index in [-0.39, 0.29) is 11.9 Å². The lowest BCUT2D eigenvalue weighted by Gasteiger charge is -2.06. The maximum absolute atomic E-state index is 11.9. The molecular weight excluding hydrogens is 905 g/mol. The first kappa shape index (κ1) is 75.0. The van der Waals surface area contributed by atoms with E-state index in [0.29, 0.717) is 26.1 Å². The molecule has 0 fully saturated rings. The summed E-state index contributed by atoms with van der Waals surface area (Å²) in [4.78, 5) is 23.8. The Labute approximate surface area is 467 Å². The molecule has 0 aliphatic rings. The summed E-state index contributed by atoms with van der Waals surface area (Å²) in [6, 6.07) is 0. The highest BCUT2D eigenvalue weighted by Gasteiger charge is 2.05. The van der Waals surface area contributed by atoms with Crippen LogP contribution >= 0.6 is 0 Å². The molecule has 0 N–H and O–H groups in total. The molecule has 0 amide bonds. The molecule has 0 aromatic carbocycles. The Balaban J connectivity index is 0. The zero-order valence-electron chi connectivity index (χ0n) is 51.9. The predicted molar refractivity (Wildman–Crippen MR) is 331 cm³/mol. The molecule has 0 rings (SSSR count). The molecule has 0 aliphatic heterocycles. The minimum absolute atomic E-state index is 0.0269. The maximum atomic E-state index is 11.9. The fraction of sp³-hybridized carbons (Fsp3) is 0.971. The summed E-state index contributed by atoms with van der Waals surface area (Å²) < 4.78 is 10.9. The molecule has 0 aromatic rings. The lowest BCUT2D eigenvalue weighted by Crippen LogP contribution is -2.05. The number of unbranched alkanes of at least 4 members (excludes halogenated alkanes) is 56. The zero-order valence-corrected chi connectivity index (χ0v) is 51.9. The summed E-state index contributed by atoms with van der Waals surface area (Å²) in [7, 11) is 0. The first-order valence-corrected chi connectivity index (χ1v) is 34.9. The van der Waals surface area contributed by atoms with Crippen LogP contribution in [0.5, 0.6) is 0 Å². The second kappa shape index (κ2) is 71.9. The van der Waals surface area contributed by atoms with Gasteiger partial charge in [-0.2, -0.15) is 0 Å². The van der Waals surface area contributed by atoms with Gasteiger partial charge >= 0.3 is 11.9 Å². The van der Waals surface area contributed by atoms with Crippen molar-refractivity contribution in [2.75, 3.05) is 13.2 Å². The lowest BCUT2D eigenvalue weighted by atomic mass is 10.0. The number of hydrogen-bond acceptors (Lipinski definition) is 4. The van der Waals surface area contributed by atoms with Gasteiger partial charge in [0.2, 0.25) is 0 Å². The third-order valence-corrected chi connectivity index (χ3v) is 16.0. The van der Waals surface area contributed by atoms with Crippen LogP contribution < -0.4 is 0 Å². The highest BCUT2D eigenvalue weighted by molar-refractivity contribution is 5.69. The Morgan fingerprint density at radius 2 is 0.297 bits per heavy atom. The van der Waals surface area contributed by atoms with Crippen LogP contribution in [0.25, 0.3) is 0 Å². The van der Waals surface area contributed by atoms with Crippen LogP contribution in [0.15, 0.2) is 0 Å². The van der Waals surface area contributed by atoms with Gasteiger partial charge in [-0.1, -0.05) is 387 Å². The van der Waals surface area contributed by atoms with Crippen molar-refractivity contribution in [2.24, 2.45) is 0 Å². The second-order valence-electron chi connectivity index (χ2n) is 23.7. The Kier molecular flexibility index (Phi) is 72.9. The number of hydrogen-bond donors (Lipinski definition) is 0. The van der Waals surface area contributed by atoms with Crippen LogP contribution in [0.2, 0.25) is 0 Å². The molecule has 0 radical (unpaired) electrons. The molecule has 0 aliphatic carbocycles. The molecule has 0 saturated heterocycles. The Bertz CT molecular complexity index is 995. The molecule has 0 bridgehead atoms. The fourth-order valence-corrected chi connectivity index (χ4v) is 10.7. The second-order valence-corrected chi connectivity index (χ2v) is 23.7. The summed E-state index contributed by atoms with van der Waals surface area (Å²) in [6.45, 7) is 10.4. The summed E-state index contributed by atoms with van der Waals surface area (Å²) >= 11 is 0. The van der Waals surface area contributed by atoms with Crippen molar-refractivity contribution in [1.82, 2.24) is 0 Å². The molecular formula is C70H140O4. The van der Waals surface area contributed by atoms with Crippen LogP contribution in [-0.2, 0) is 19.1 Å². The molecule has 0 aromatic heterocycles. The first-order valence-electron chi connectivity index (χ1n) is 34.9. The van der Waals surface area contributed by atoms with Crippen molar-refractivity contribution in [3.8, 4) is 0 Å². The van der Waals surface area contributed by atoms with Crippen molar-refractivity contribution in [3.63, 3.8) is 0 Å². The van der Waals surface area contributed by atoms with Gasteiger partial charge in [0, 0.05) is 12.8 Å². The van der Waals surface area contributed by atoms with E-state index >= 15 is 0 Å². The van der Waals surface area contributed by atoms with Gasteiger partial charge < -0.3 is 9.47 Å². The molecule has 444 valence electrons. The topological polar surface area (TPSA) is 52.6 Å². The summed E-state index contributed by atoms with van der Waals surface area (Å²) in [5, 5.41) is 0. The number of esters is 2. The van der Waals surface area contributed by atoms with Gasteiger partial charge in [0.1, 0.15) is 0 Å². The van der Waals surface area contributed by atoms with E-state index in [1.165, 1.54) is 360 Å². The molecule has 0 heterocycles. The van der Waals surface area contributed by atoms with Crippen molar-refractivity contribution in [1.29, 1.82) is 0 Å². The summed E-state index contributed by atoms with van der Waals surface area (Å²) in [5.74, 6) is 0.0553. The third kappa shape index (κ3) is 73.0. The smallest absolute Gasteiger partial charge is 0.305 e. The summed E-state index contributed by atoms with van der Waals surface area (Å²) in [5.41, 5.74) is 0. The van der Waals surface area contributed by atoms with Gasteiger partial charge in [-0.15, -0.1) is 0 Å². The number of rotatable bonds is 64. The van der Waals surface area contributed by atoms with Gasteiger partial charge in [-0.3, -0.25) is 9.59 Å². The third-order valence-electron chi connectivity index (χ3n) is 16.0. The van der Waals surface area contributed by atoms with Gasteiger partial charge in [-0.05, 0) is 25.7 Å². The van der Waals surface area contributed by atoms with Crippen LogP contribution in [0, 0.1) is 0 Å². The quantitative estimate of drug-likeness (QED) is 0.0450. The van der Waals surface area contributed by atoms with E-state index in [1.54, 1.807) is 0 Å². The van der Waals surface area contributed by atoms with Crippen molar-refractivity contribution < 1.29 is 19.1 Å². The standard InChI is InChI=1S/C36H72O2.C34H68O2/c1-3-5-7-9-11-13-15-17-19-21-23-25-27-29-31-33-35-38-36(37)34-32-30-28-26-24-22-20-18-16-14-12-10-8-6-4-2;1-3-5-7-9-11-13-15-17-18-19-21-23-25-27-29-31-33-36-34(35)32-30-28-26-24-22-20-16-14-12-10-8-6-4-2/h3-35H2,1-2H3;3-33H2,1-2H3. The first-order chi connectivity index (χ1) is 36.6. The number of ether oxygens (including phenoxy) is 2. The predicted octanol–water partition coefficient (Wildman–Crippen LogP) is 25.3. The van der Waals surface area contributed by atoms with Gasteiger partial charge in [0.15, 0.2) is 0 Å². The van der Waals surface area contributed by atoms with E-state index < -0.39 is 0 Å². The largest absolute Gasteiger partial charge is 0.466 e. The Morgan fingerprint density at radius 1 is 0.176 bits per heavy atom. The fourth-order valence-electron chi connectivity index (χ4n) is 10.7. The maximum Gasteiger partial charge on any atom is 0.305 e. The van der Waals surface area contributed by atoms with Crippen LogP contribution in [-0.4, -0.2) is 25.2 Å². The number of carbonyl (C=O) groups is 2. The molecule has 0 atom stereocenters. The Hall–Kier alpha value is -1.06. The lowest BCUT2D eigenvalue weighted by molar-refractivity contribution is -0.144. The average Bonchev–Trinajstić information content (AvgIpc) is 3.40. The van der Waals surface area contributed by atoms with Gasteiger partial charge in [0.05, 0.1) is 13.2 Å². The molecule has 4 nitrogen and oxygen atoms in total. The highest BCUT2D eigenvalue weighted by atomic mass is 16.5. The van der Waals surface area contributed by atoms with Crippen molar-refractivity contribution in [3.05, 3.63) is 0 Å². The molecule has 4 heteroatoms. The van der Waals surface area contributed by atoms with Gasteiger partial charge in [0.25, 0.3) is 0 Å². The Morgan fingerprint density at radius 3 is 0.446 bits per heavy atom. The minimum Gasteiger partial charge on any atom is -0.466 e. The minimum atomic E-state index is 0.0269. The zero-order chi connectivity index (χ0) is 53.8. The molecule has 0 saturated carbocycles. The molecule has 0 spiro atoms. The normalized spacial score (nSPS) is 11.3. The van der Waals surface area contributed by atoms with Crippen molar-refractivity contribution in [2.45, 2.75) is 426 Å². The van der Waals surface area contributed by atoms with E-state index in [4.69, 9.17) is 9.47 Å². The van der Waals surface area contributed by atoms with Crippen LogP contribution in [0.1, 0.15) is 426 Å². The van der Waals surface area contributed by atoms with Crippen LogP contribution in [0.3, 0.4) is 0 Å². The molecule has 0 unspecified atom stereocenters.